The van der Waals surface area contributed by atoms with E-state index in [1.165, 1.54) is 24.3 Å². The molecule has 1 aromatic rings. The van der Waals surface area contributed by atoms with Gasteiger partial charge in [0.2, 0.25) is 0 Å². The number of nitrogens with zero attached hydrogens (tertiary/aromatic N) is 4. The largest absolute Gasteiger partial charge is 0.861 e. The van der Waals surface area contributed by atoms with Crippen molar-refractivity contribution in [2.45, 2.75) is 11.8 Å². The van der Waals surface area contributed by atoms with E-state index in [9.17, 15) is 13.5 Å². The highest BCUT2D eigenvalue weighted by molar-refractivity contribution is 7.90. The van der Waals surface area contributed by atoms with Crippen molar-refractivity contribution in [3.05, 3.63) is 24.3 Å². The quantitative estimate of drug-likeness (QED) is 0.457. The van der Waals surface area contributed by atoms with Crippen molar-refractivity contribution in [1.82, 2.24) is 5.01 Å². The van der Waals surface area contributed by atoms with Gasteiger partial charge in [0.15, 0.2) is 0 Å². The summed E-state index contributed by atoms with van der Waals surface area (Å²) >= 11 is 0. The molecule has 1 aromatic carbocycles. The predicted octanol–water partition coefficient (Wildman–Crippen LogP) is 0.485. The molecule has 0 aliphatic carbocycles. The maximum atomic E-state index is 11.7. The normalized spacial score (nSPS) is 17.4. The first-order valence-electron chi connectivity index (χ1n) is 6.30. The van der Waals surface area contributed by atoms with Gasteiger partial charge in [-0.15, -0.1) is 5.11 Å². The Labute approximate surface area is 122 Å². The molecule has 0 atom stereocenters. The fraction of sp³-hybridized carbons (Fsp3) is 0.417. The molecule has 9 heteroatoms. The minimum atomic E-state index is -3.94. The van der Waals surface area contributed by atoms with Gasteiger partial charge in [0.1, 0.15) is 0 Å². The van der Waals surface area contributed by atoms with Gasteiger partial charge in [0.25, 0.3) is 10.0 Å². The lowest BCUT2D eigenvalue weighted by molar-refractivity contribution is -0.215. The van der Waals surface area contributed by atoms with E-state index >= 15 is 0 Å². The third kappa shape index (κ3) is 4.50. The molecule has 1 aliphatic rings. The minimum Gasteiger partial charge on any atom is -0.861 e. The second kappa shape index (κ2) is 6.64. The van der Waals surface area contributed by atoms with E-state index in [1.54, 1.807) is 5.01 Å². The van der Waals surface area contributed by atoms with Crippen molar-refractivity contribution >= 4 is 21.6 Å². The molecule has 0 amide bonds. The molecule has 8 nitrogen and oxygen atoms in total. The molecule has 2 rings (SSSR count). The number of rotatable bonds is 4. The highest BCUT2D eigenvalue weighted by Gasteiger charge is 2.11. The van der Waals surface area contributed by atoms with Crippen LogP contribution in [0.5, 0.6) is 0 Å². The molecular formula is C12H15N4O4S-. The average molecular weight is 311 g/mol. The average Bonchev–Trinajstić information content (AvgIpc) is 2.45. The van der Waals surface area contributed by atoms with Crippen LogP contribution >= 0.6 is 0 Å². The Kier molecular flexibility index (Phi) is 4.86. The molecule has 114 valence electrons. The number of hydrogen-bond donors (Lipinski definition) is 0. The van der Waals surface area contributed by atoms with Gasteiger partial charge in [-0.2, -0.15) is 12.8 Å². The molecule has 0 saturated carbocycles. The first-order chi connectivity index (χ1) is 9.97. The first-order valence-corrected chi connectivity index (χ1v) is 7.74. The Morgan fingerprint density at radius 1 is 1.24 bits per heavy atom. The number of hydrogen-bond acceptors (Lipinski definition) is 6. The second-order valence-electron chi connectivity index (χ2n) is 4.33. The van der Waals surface area contributed by atoms with Crippen molar-refractivity contribution in [1.29, 1.82) is 0 Å². The summed E-state index contributed by atoms with van der Waals surface area (Å²) in [5.41, 5.74) is 0.517. The summed E-state index contributed by atoms with van der Waals surface area (Å²) in [7, 11) is -3.94. The van der Waals surface area contributed by atoms with Gasteiger partial charge in [-0.25, -0.2) is 0 Å². The molecule has 0 aromatic heterocycles. The van der Waals surface area contributed by atoms with Crippen LogP contribution in [0, 0.1) is 0 Å². The monoisotopic (exact) mass is 311 g/mol. The lowest BCUT2D eigenvalue weighted by Gasteiger charge is -2.22. The number of ether oxygens (including phenoxy) is 1. The van der Waals surface area contributed by atoms with Crippen LogP contribution in [0.2, 0.25) is 0 Å². The van der Waals surface area contributed by atoms with Gasteiger partial charge in [0.05, 0.1) is 36.9 Å². The smallest absolute Gasteiger partial charge is 0.281 e. The molecular weight excluding hydrogens is 296 g/mol. The van der Waals surface area contributed by atoms with Crippen LogP contribution in [-0.2, 0) is 14.8 Å². The molecule has 0 bridgehead atoms. The summed E-state index contributed by atoms with van der Waals surface area (Å²) in [6.07, 6.45) is 0. The van der Waals surface area contributed by atoms with Crippen molar-refractivity contribution < 1.29 is 18.3 Å². The highest BCUT2D eigenvalue weighted by Crippen LogP contribution is 2.19. The number of benzene rings is 1. The van der Waals surface area contributed by atoms with Crippen molar-refractivity contribution in [2.24, 2.45) is 14.7 Å². The maximum absolute atomic E-state index is 11.7. The Bertz CT molecular complexity index is 630. The summed E-state index contributed by atoms with van der Waals surface area (Å²) < 4.78 is 31.7. The Morgan fingerprint density at radius 3 is 2.43 bits per heavy atom. The molecule has 1 aliphatic heterocycles. The lowest BCUT2D eigenvalue weighted by Crippen LogP contribution is -2.31. The summed E-state index contributed by atoms with van der Waals surface area (Å²) in [5, 5.41) is 20.6. The van der Waals surface area contributed by atoms with Crippen LogP contribution in [0.15, 0.2) is 43.9 Å². The van der Waals surface area contributed by atoms with Crippen LogP contribution in [0.3, 0.4) is 0 Å². The standard InChI is InChI=1S/C12H16N4O4S/c1-10(17)14-21(18,19)12-4-2-11(3-5-12)13-15-16-6-8-20-9-7-16/h2-5H,6-9H2,1H3,(H,14,17)/p-1. The van der Waals surface area contributed by atoms with Crippen molar-refractivity contribution in [3.8, 4) is 0 Å². The van der Waals surface area contributed by atoms with Gasteiger partial charge < -0.3 is 9.84 Å². The van der Waals surface area contributed by atoms with E-state index in [1.807, 2.05) is 0 Å². The number of sulfonamides is 1. The van der Waals surface area contributed by atoms with E-state index in [2.05, 4.69) is 14.7 Å². The van der Waals surface area contributed by atoms with Crippen molar-refractivity contribution in [2.75, 3.05) is 26.3 Å². The molecule has 0 N–H and O–H groups in total. The summed E-state index contributed by atoms with van der Waals surface area (Å²) in [6, 6.07) is 5.70. The van der Waals surface area contributed by atoms with Gasteiger partial charge >= 0.3 is 0 Å². The molecule has 1 fully saturated rings. The van der Waals surface area contributed by atoms with Crippen molar-refractivity contribution in [3.63, 3.8) is 0 Å². The van der Waals surface area contributed by atoms with E-state index in [-0.39, 0.29) is 4.90 Å². The summed E-state index contributed by atoms with van der Waals surface area (Å²) in [4.78, 5) is -0.0528. The molecule has 1 heterocycles. The van der Waals surface area contributed by atoms with Gasteiger partial charge in [-0.3, -0.25) is 5.01 Å². The van der Waals surface area contributed by atoms with E-state index in [0.29, 0.717) is 32.0 Å². The van der Waals surface area contributed by atoms with Crippen LogP contribution in [0.1, 0.15) is 6.92 Å². The third-order valence-corrected chi connectivity index (χ3v) is 4.02. The van der Waals surface area contributed by atoms with Crippen LogP contribution in [-0.4, -0.2) is 45.6 Å². The molecule has 0 unspecified atom stereocenters. The van der Waals surface area contributed by atoms with E-state index in [4.69, 9.17) is 4.74 Å². The van der Waals surface area contributed by atoms with Crippen LogP contribution < -0.4 is 5.11 Å². The minimum absolute atomic E-state index is 0.0528. The second-order valence-corrected chi connectivity index (χ2v) is 5.94. The van der Waals surface area contributed by atoms with Crippen LogP contribution in [0.25, 0.3) is 0 Å². The van der Waals surface area contributed by atoms with Gasteiger partial charge in [0, 0.05) is 0 Å². The number of morpholine rings is 1. The fourth-order valence-corrected chi connectivity index (χ4v) is 2.59. The predicted molar refractivity (Wildman–Crippen MR) is 73.6 cm³/mol. The van der Waals surface area contributed by atoms with E-state index in [0.717, 1.165) is 6.92 Å². The molecule has 21 heavy (non-hydrogen) atoms. The topological polar surface area (TPSA) is 107 Å². The SMILES string of the molecule is CC([O-])=NS(=O)(=O)c1ccc(N=NN2CCOCC2)cc1. The fourth-order valence-electron chi connectivity index (χ4n) is 1.66. The van der Waals surface area contributed by atoms with Crippen LogP contribution in [0.4, 0.5) is 5.69 Å². The maximum Gasteiger partial charge on any atom is 0.281 e. The zero-order valence-corrected chi connectivity index (χ0v) is 12.3. The third-order valence-electron chi connectivity index (χ3n) is 2.66. The van der Waals surface area contributed by atoms with Gasteiger partial charge in [-0.05, 0) is 37.1 Å². The van der Waals surface area contributed by atoms with E-state index < -0.39 is 15.9 Å². The lowest BCUT2D eigenvalue weighted by atomic mass is 10.3. The van der Waals surface area contributed by atoms with Gasteiger partial charge in [-0.1, -0.05) is 5.22 Å². The molecule has 1 saturated heterocycles. The highest BCUT2D eigenvalue weighted by atomic mass is 32.2. The Morgan fingerprint density at radius 2 is 1.86 bits per heavy atom. The summed E-state index contributed by atoms with van der Waals surface area (Å²) in [5.74, 6) is -0.758. The zero-order valence-electron chi connectivity index (χ0n) is 11.5. The zero-order chi connectivity index (χ0) is 15.3. The Hall–Kier alpha value is -2.00. The Balaban J connectivity index is 2.08. The summed E-state index contributed by atoms with van der Waals surface area (Å²) in [6.45, 7) is 3.66. The first kappa shape index (κ1) is 15.4. The molecule has 0 spiro atoms. The molecule has 0 radical (unpaired) electrons.